The Morgan fingerprint density at radius 1 is 1.07 bits per heavy atom. The molecular formula is C23H32N6O. The number of pyridine rings is 1. The van der Waals surface area contributed by atoms with Gasteiger partial charge in [0.25, 0.3) is 5.91 Å². The van der Waals surface area contributed by atoms with E-state index in [1.807, 2.05) is 49.5 Å². The lowest BCUT2D eigenvalue weighted by Crippen LogP contribution is -2.52. The lowest BCUT2D eigenvalue weighted by Gasteiger charge is -2.37. The van der Waals surface area contributed by atoms with E-state index < -0.39 is 0 Å². The molecule has 7 heteroatoms. The molecule has 1 fully saturated rings. The van der Waals surface area contributed by atoms with Crippen molar-refractivity contribution in [2.24, 2.45) is 4.99 Å². The smallest absolute Gasteiger partial charge is 0.251 e. The Morgan fingerprint density at radius 2 is 1.90 bits per heavy atom. The van der Waals surface area contributed by atoms with Crippen LogP contribution < -0.4 is 15.5 Å². The van der Waals surface area contributed by atoms with E-state index in [0.29, 0.717) is 18.7 Å². The van der Waals surface area contributed by atoms with E-state index in [-0.39, 0.29) is 5.91 Å². The average molecular weight is 409 g/mol. The van der Waals surface area contributed by atoms with Crippen LogP contribution in [-0.4, -0.2) is 61.0 Å². The maximum atomic E-state index is 12.2. The predicted octanol–water partition coefficient (Wildman–Crippen LogP) is 2.51. The van der Waals surface area contributed by atoms with Gasteiger partial charge in [-0.1, -0.05) is 25.1 Å². The van der Waals surface area contributed by atoms with Gasteiger partial charge in [-0.2, -0.15) is 0 Å². The molecule has 0 spiro atoms. The molecule has 160 valence electrons. The van der Waals surface area contributed by atoms with Gasteiger partial charge in [0.15, 0.2) is 5.96 Å². The van der Waals surface area contributed by atoms with Crippen molar-refractivity contribution in [1.82, 2.24) is 20.5 Å². The molecule has 1 amide bonds. The first kappa shape index (κ1) is 21.6. The van der Waals surface area contributed by atoms with E-state index in [0.717, 1.165) is 56.5 Å². The van der Waals surface area contributed by atoms with Gasteiger partial charge in [-0.05, 0) is 43.2 Å². The first-order chi connectivity index (χ1) is 14.7. The zero-order chi connectivity index (χ0) is 21.2. The van der Waals surface area contributed by atoms with Gasteiger partial charge in [-0.15, -0.1) is 0 Å². The maximum absolute atomic E-state index is 12.2. The molecule has 7 nitrogen and oxygen atoms in total. The van der Waals surface area contributed by atoms with Crippen molar-refractivity contribution in [2.75, 3.05) is 44.2 Å². The fourth-order valence-electron chi connectivity index (χ4n) is 3.43. The van der Waals surface area contributed by atoms with Crippen LogP contribution in [-0.2, 0) is 6.54 Å². The number of carbonyl (C=O) groups excluding carboxylic acids is 1. The van der Waals surface area contributed by atoms with Gasteiger partial charge in [0.05, 0.1) is 6.54 Å². The van der Waals surface area contributed by atoms with E-state index in [1.54, 1.807) is 0 Å². The van der Waals surface area contributed by atoms with Crippen LogP contribution in [0.1, 0.15) is 36.2 Å². The quantitative estimate of drug-likeness (QED) is 0.544. The fraction of sp³-hybridized carbons (Fsp3) is 0.435. The number of nitrogens with zero attached hydrogens (tertiary/aromatic N) is 4. The molecule has 1 saturated heterocycles. The molecule has 2 N–H and O–H groups in total. The van der Waals surface area contributed by atoms with E-state index in [2.05, 4.69) is 38.4 Å². The number of nitrogens with one attached hydrogen (secondary N) is 2. The Kier molecular flexibility index (Phi) is 8.06. The molecule has 0 saturated carbocycles. The number of aromatic nitrogens is 1. The highest BCUT2D eigenvalue weighted by Gasteiger charge is 2.20. The van der Waals surface area contributed by atoms with E-state index in [1.165, 1.54) is 0 Å². The van der Waals surface area contributed by atoms with Gasteiger partial charge >= 0.3 is 0 Å². The highest BCUT2D eigenvalue weighted by Crippen LogP contribution is 2.13. The predicted molar refractivity (Wildman–Crippen MR) is 122 cm³/mol. The van der Waals surface area contributed by atoms with Crippen LogP contribution in [0.2, 0.25) is 0 Å². The molecular weight excluding hydrogens is 376 g/mol. The zero-order valence-electron chi connectivity index (χ0n) is 18.0. The fourth-order valence-corrected chi connectivity index (χ4v) is 3.43. The zero-order valence-corrected chi connectivity index (χ0v) is 18.0. The van der Waals surface area contributed by atoms with Crippen LogP contribution >= 0.6 is 0 Å². The molecule has 2 aromatic rings. The summed E-state index contributed by atoms with van der Waals surface area (Å²) in [6.45, 7) is 9.78. The minimum absolute atomic E-state index is 0.0276. The summed E-state index contributed by atoms with van der Waals surface area (Å²) in [6, 6.07) is 13.7. The van der Waals surface area contributed by atoms with Gasteiger partial charge < -0.3 is 20.4 Å². The van der Waals surface area contributed by atoms with Gasteiger partial charge in [0.2, 0.25) is 0 Å². The van der Waals surface area contributed by atoms with Gasteiger partial charge in [0.1, 0.15) is 5.82 Å². The van der Waals surface area contributed by atoms with E-state index >= 15 is 0 Å². The summed E-state index contributed by atoms with van der Waals surface area (Å²) >= 11 is 0. The summed E-state index contributed by atoms with van der Waals surface area (Å²) < 4.78 is 0. The van der Waals surface area contributed by atoms with Crippen molar-refractivity contribution in [3.8, 4) is 0 Å². The molecule has 0 radical (unpaired) electrons. The number of piperazine rings is 1. The SMILES string of the molecule is CCCNC(=O)c1cccc(CN=C(NCC)N2CCN(c3ccccn3)CC2)c1. The van der Waals surface area contributed by atoms with Crippen molar-refractivity contribution < 1.29 is 4.79 Å². The Morgan fingerprint density at radius 3 is 2.60 bits per heavy atom. The molecule has 0 aliphatic carbocycles. The Labute approximate surface area is 179 Å². The number of guanidine groups is 1. The largest absolute Gasteiger partial charge is 0.357 e. The second-order valence-electron chi connectivity index (χ2n) is 7.29. The molecule has 0 atom stereocenters. The highest BCUT2D eigenvalue weighted by atomic mass is 16.1. The normalized spacial score (nSPS) is 14.5. The van der Waals surface area contributed by atoms with Crippen LogP contribution in [0.15, 0.2) is 53.7 Å². The molecule has 1 aliphatic heterocycles. The molecule has 1 aromatic heterocycles. The first-order valence-electron chi connectivity index (χ1n) is 10.8. The number of amides is 1. The number of benzene rings is 1. The molecule has 3 rings (SSSR count). The summed E-state index contributed by atoms with van der Waals surface area (Å²) in [7, 11) is 0. The van der Waals surface area contributed by atoms with Gasteiger partial charge in [0, 0.05) is 51.0 Å². The number of rotatable bonds is 7. The number of hydrogen-bond acceptors (Lipinski definition) is 4. The van der Waals surface area contributed by atoms with Gasteiger partial charge in [-0.3, -0.25) is 4.79 Å². The van der Waals surface area contributed by atoms with Crippen LogP contribution in [0.5, 0.6) is 0 Å². The second kappa shape index (κ2) is 11.2. The molecule has 1 aromatic carbocycles. The van der Waals surface area contributed by atoms with Crippen molar-refractivity contribution >= 4 is 17.7 Å². The Bertz CT molecular complexity index is 831. The third-order valence-electron chi connectivity index (χ3n) is 5.02. The minimum Gasteiger partial charge on any atom is -0.357 e. The first-order valence-corrected chi connectivity index (χ1v) is 10.8. The van der Waals surface area contributed by atoms with Crippen LogP contribution in [0, 0.1) is 0 Å². The second-order valence-corrected chi connectivity index (χ2v) is 7.29. The summed E-state index contributed by atoms with van der Waals surface area (Å²) in [5.41, 5.74) is 1.71. The molecule has 1 aliphatic rings. The van der Waals surface area contributed by atoms with Crippen molar-refractivity contribution in [3.05, 3.63) is 59.8 Å². The lowest BCUT2D eigenvalue weighted by atomic mass is 10.1. The standard InChI is InChI=1S/C23H32N6O/c1-3-11-26-22(30)20-9-7-8-19(17-20)18-27-23(24-4-2)29-15-13-28(14-16-29)21-10-5-6-12-25-21/h5-10,12,17H,3-4,11,13-16,18H2,1-2H3,(H,24,27)(H,26,30). The van der Waals surface area contributed by atoms with Crippen LogP contribution in [0.25, 0.3) is 0 Å². The third-order valence-corrected chi connectivity index (χ3v) is 5.02. The van der Waals surface area contributed by atoms with E-state index in [4.69, 9.17) is 4.99 Å². The molecule has 0 unspecified atom stereocenters. The maximum Gasteiger partial charge on any atom is 0.251 e. The van der Waals surface area contributed by atoms with Crippen molar-refractivity contribution in [3.63, 3.8) is 0 Å². The van der Waals surface area contributed by atoms with Crippen molar-refractivity contribution in [2.45, 2.75) is 26.8 Å². The third kappa shape index (κ3) is 5.95. The highest BCUT2D eigenvalue weighted by molar-refractivity contribution is 5.94. The Balaban J connectivity index is 1.62. The summed E-state index contributed by atoms with van der Waals surface area (Å²) in [6.07, 6.45) is 2.76. The minimum atomic E-state index is -0.0276. The lowest BCUT2D eigenvalue weighted by molar-refractivity contribution is 0.0953. The van der Waals surface area contributed by atoms with Crippen LogP contribution in [0.4, 0.5) is 5.82 Å². The number of hydrogen-bond donors (Lipinski definition) is 2. The van der Waals surface area contributed by atoms with Gasteiger partial charge in [-0.25, -0.2) is 9.98 Å². The molecule has 2 heterocycles. The number of anilines is 1. The Hall–Kier alpha value is -3.09. The van der Waals surface area contributed by atoms with Crippen LogP contribution in [0.3, 0.4) is 0 Å². The van der Waals surface area contributed by atoms with E-state index in [9.17, 15) is 4.79 Å². The molecule has 0 bridgehead atoms. The molecule has 30 heavy (non-hydrogen) atoms. The summed E-state index contributed by atoms with van der Waals surface area (Å²) in [5.74, 6) is 1.91. The number of carbonyl (C=O) groups is 1. The summed E-state index contributed by atoms with van der Waals surface area (Å²) in [5, 5.41) is 6.33. The topological polar surface area (TPSA) is 72.9 Å². The number of aliphatic imine (C=N–C) groups is 1. The average Bonchev–Trinajstić information content (AvgIpc) is 2.81. The summed E-state index contributed by atoms with van der Waals surface area (Å²) in [4.78, 5) is 26.1. The van der Waals surface area contributed by atoms with Crippen molar-refractivity contribution in [1.29, 1.82) is 0 Å². The monoisotopic (exact) mass is 408 g/mol.